The maximum Gasteiger partial charge on any atom is 0.137 e. The van der Waals surface area contributed by atoms with Crippen molar-refractivity contribution >= 4 is 15.9 Å². The molecule has 88 valence electrons. The molecule has 1 aliphatic rings. The van der Waals surface area contributed by atoms with E-state index in [4.69, 9.17) is 0 Å². The SMILES string of the molecule is OCC1(Cc2cccc(F)c2Br)CCNC1. The molecule has 0 radical (unpaired) electrons. The number of rotatable bonds is 3. The summed E-state index contributed by atoms with van der Waals surface area (Å²) in [6.45, 7) is 1.86. The summed E-state index contributed by atoms with van der Waals surface area (Å²) < 4.78 is 13.9. The lowest BCUT2D eigenvalue weighted by atomic mass is 9.81. The van der Waals surface area contributed by atoms with Crippen molar-refractivity contribution in [3.05, 3.63) is 34.1 Å². The molecule has 1 atom stereocenters. The fourth-order valence-corrected chi connectivity index (χ4v) is 2.63. The lowest BCUT2D eigenvalue weighted by Crippen LogP contribution is -2.30. The van der Waals surface area contributed by atoms with Gasteiger partial charge in [0.1, 0.15) is 5.82 Å². The van der Waals surface area contributed by atoms with Crippen molar-refractivity contribution in [2.45, 2.75) is 12.8 Å². The Morgan fingerprint density at radius 3 is 2.94 bits per heavy atom. The van der Waals surface area contributed by atoms with Crippen molar-refractivity contribution in [3.8, 4) is 0 Å². The van der Waals surface area contributed by atoms with Gasteiger partial charge in [0.15, 0.2) is 0 Å². The molecule has 16 heavy (non-hydrogen) atoms. The van der Waals surface area contributed by atoms with Crippen LogP contribution in [0.4, 0.5) is 4.39 Å². The number of aliphatic hydroxyl groups excluding tert-OH is 1. The minimum absolute atomic E-state index is 0.129. The van der Waals surface area contributed by atoms with Gasteiger partial charge in [0.2, 0.25) is 0 Å². The van der Waals surface area contributed by atoms with Gasteiger partial charge < -0.3 is 10.4 Å². The highest BCUT2D eigenvalue weighted by Crippen LogP contribution is 2.32. The lowest BCUT2D eigenvalue weighted by molar-refractivity contribution is 0.142. The Morgan fingerprint density at radius 1 is 1.50 bits per heavy atom. The van der Waals surface area contributed by atoms with E-state index < -0.39 is 0 Å². The van der Waals surface area contributed by atoms with Crippen LogP contribution in [0.5, 0.6) is 0 Å². The molecular weight excluding hydrogens is 273 g/mol. The van der Waals surface area contributed by atoms with Gasteiger partial charge in [0, 0.05) is 12.0 Å². The van der Waals surface area contributed by atoms with E-state index in [0.717, 1.165) is 25.1 Å². The van der Waals surface area contributed by atoms with E-state index in [1.54, 1.807) is 6.07 Å². The highest BCUT2D eigenvalue weighted by molar-refractivity contribution is 9.10. The van der Waals surface area contributed by atoms with Gasteiger partial charge in [-0.15, -0.1) is 0 Å². The molecule has 4 heteroatoms. The second-order valence-electron chi connectivity index (χ2n) is 4.47. The smallest absolute Gasteiger partial charge is 0.137 e. The van der Waals surface area contributed by atoms with E-state index in [-0.39, 0.29) is 17.8 Å². The molecule has 0 spiro atoms. The summed E-state index contributed by atoms with van der Waals surface area (Å²) in [6, 6.07) is 5.05. The molecule has 1 heterocycles. The quantitative estimate of drug-likeness (QED) is 0.893. The molecule has 2 rings (SSSR count). The molecule has 1 unspecified atom stereocenters. The predicted octanol–water partition coefficient (Wildman–Crippen LogP) is 2.10. The van der Waals surface area contributed by atoms with Crippen molar-refractivity contribution in [2.75, 3.05) is 19.7 Å². The molecule has 1 aromatic rings. The molecular formula is C12H15BrFNO. The Bertz CT molecular complexity index is 377. The van der Waals surface area contributed by atoms with Crippen LogP contribution in [0.1, 0.15) is 12.0 Å². The maximum atomic E-state index is 13.4. The first-order valence-electron chi connectivity index (χ1n) is 5.41. The topological polar surface area (TPSA) is 32.3 Å². The molecule has 0 aromatic heterocycles. The third-order valence-corrected chi connectivity index (χ3v) is 4.15. The van der Waals surface area contributed by atoms with Gasteiger partial charge in [0.05, 0.1) is 11.1 Å². The van der Waals surface area contributed by atoms with Crippen molar-refractivity contribution in [1.29, 1.82) is 0 Å². The summed E-state index contributed by atoms with van der Waals surface area (Å²) in [5.74, 6) is -0.239. The largest absolute Gasteiger partial charge is 0.396 e. The number of hydrogen-bond acceptors (Lipinski definition) is 2. The molecule has 1 fully saturated rings. The summed E-state index contributed by atoms with van der Waals surface area (Å²) in [4.78, 5) is 0. The maximum absolute atomic E-state index is 13.4. The molecule has 1 aromatic carbocycles. The highest BCUT2D eigenvalue weighted by Gasteiger charge is 2.33. The van der Waals surface area contributed by atoms with Crippen LogP contribution in [0.3, 0.4) is 0 Å². The van der Waals surface area contributed by atoms with Gasteiger partial charge in [-0.1, -0.05) is 12.1 Å². The van der Waals surface area contributed by atoms with Crippen LogP contribution in [0.15, 0.2) is 22.7 Å². The lowest BCUT2D eigenvalue weighted by Gasteiger charge is -2.26. The Labute approximate surface area is 103 Å². The van der Waals surface area contributed by atoms with Gasteiger partial charge in [-0.25, -0.2) is 4.39 Å². The van der Waals surface area contributed by atoms with Gasteiger partial charge in [-0.3, -0.25) is 0 Å². The summed E-state index contributed by atoms with van der Waals surface area (Å²) in [6.07, 6.45) is 1.64. The average Bonchev–Trinajstić information content (AvgIpc) is 2.74. The van der Waals surface area contributed by atoms with Crippen LogP contribution in [-0.2, 0) is 6.42 Å². The zero-order chi connectivity index (χ0) is 11.6. The number of aliphatic hydroxyl groups is 1. The second kappa shape index (κ2) is 4.82. The van der Waals surface area contributed by atoms with E-state index >= 15 is 0 Å². The Kier molecular flexibility index (Phi) is 3.62. The van der Waals surface area contributed by atoms with Crippen molar-refractivity contribution in [2.24, 2.45) is 5.41 Å². The molecule has 1 saturated heterocycles. The van der Waals surface area contributed by atoms with Crippen LogP contribution in [-0.4, -0.2) is 24.8 Å². The Hall–Kier alpha value is -0.450. The van der Waals surface area contributed by atoms with Crippen LogP contribution < -0.4 is 5.32 Å². The summed E-state index contributed by atoms with van der Waals surface area (Å²) in [5, 5.41) is 12.7. The van der Waals surface area contributed by atoms with E-state index in [9.17, 15) is 9.50 Å². The summed E-state index contributed by atoms with van der Waals surface area (Å²) in [5.41, 5.74) is 0.800. The van der Waals surface area contributed by atoms with Crippen molar-refractivity contribution in [1.82, 2.24) is 5.32 Å². The molecule has 1 aliphatic heterocycles. The molecule has 2 N–H and O–H groups in total. The van der Waals surface area contributed by atoms with Gasteiger partial charge >= 0.3 is 0 Å². The van der Waals surface area contributed by atoms with Gasteiger partial charge in [-0.2, -0.15) is 0 Å². The third kappa shape index (κ3) is 2.29. The number of nitrogens with one attached hydrogen (secondary N) is 1. The normalized spacial score (nSPS) is 24.9. The zero-order valence-electron chi connectivity index (χ0n) is 8.97. The zero-order valence-corrected chi connectivity index (χ0v) is 10.6. The van der Waals surface area contributed by atoms with Crippen LogP contribution in [0.25, 0.3) is 0 Å². The fourth-order valence-electron chi connectivity index (χ4n) is 2.23. The van der Waals surface area contributed by atoms with E-state index in [1.807, 2.05) is 6.07 Å². The van der Waals surface area contributed by atoms with Crippen molar-refractivity contribution in [3.63, 3.8) is 0 Å². The van der Waals surface area contributed by atoms with Crippen LogP contribution in [0, 0.1) is 11.2 Å². The Balaban J connectivity index is 2.22. The predicted molar refractivity (Wildman–Crippen MR) is 64.8 cm³/mol. The summed E-state index contributed by atoms with van der Waals surface area (Å²) in [7, 11) is 0. The number of halogens is 2. The third-order valence-electron chi connectivity index (χ3n) is 3.26. The average molecular weight is 288 g/mol. The van der Waals surface area contributed by atoms with Crippen molar-refractivity contribution < 1.29 is 9.50 Å². The van der Waals surface area contributed by atoms with Crippen LogP contribution in [0.2, 0.25) is 0 Å². The molecule has 0 amide bonds. The van der Waals surface area contributed by atoms with E-state index in [1.165, 1.54) is 6.07 Å². The minimum Gasteiger partial charge on any atom is -0.396 e. The number of benzene rings is 1. The standard InChI is InChI=1S/C12H15BrFNO/c13-11-9(2-1-3-10(11)14)6-12(8-16)4-5-15-7-12/h1-3,15-16H,4-8H2. The van der Waals surface area contributed by atoms with E-state index in [2.05, 4.69) is 21.2 Å². The second-order valence-corrected chi connectivity index (χ2v) is 5.27. The Morgan fingerprint density at radius 2 is 2.31 bits per heavy atom. The first-order valence-corrected chi connectivity index (χ1v) is 6.21. The van der Waals surface area contributed by atoms with Gasteiger partial charge in [-0.05, 0) is 46.9 Å². The number of hydrogen-bond donors (Lipinski definition) is 2. The molecule has 0 aliphatic carbocycles. The molecule has 0 saturated carbocycles. The first-order chi connectivity index (χ1) is 7.67. The van der Waals surface area contributed by atoms with Crippen LogP contribution >= 0.6 is 15.9 Å². The molecule has 2 nitrogen and oxygen atoms in total. The first kappa shape index (κ1) is 12.0. The van der Waals surface area contributed by atoms with Gasteiger partial charge in [0.25, 0.3) is 0 Å². The fraction of sp³-hybridized carbons (Fsp3) is 0.500. The van der Waals surface area contributed by atoms with E-state index in [0.29, 0.717) is 10.9 Å². The highest BCUT2D eigenvalue weighted by atomic mass is 79.9. The molecule has 0 bridgehead atoms. The minimum atomic E-state index is -0.239. The monoisotopic (exact) mass is 287 g/mol. The summed E-state index contributed by atoms with van der Waals surface area (Å²) >= 11 is 3.26.